The standard InChI is InChI=1S/C48H72ClN3O7/c1-28(2)40-33(53)23-48(36(54)26-52(38(55)27-51(11)12)29(3)32-15-13-30(49)25-50-32)22-21-46(9)31(41(40)48)14-16-35-45(8)19-18-37(59-39(56)24-43(4,5)42(57)58)44(6,7)34(45)17-20-47(35,46)10/h13,15,25,28-29,31,34-37,54H,14,16-24,26-27H2,1-12H3,(H,57,58)/t29-,31-,34+,35-,36?,37+,45+,46-,47-,48?/m1/s1. The third-order valence-electron chi connectivity index (χ3n) is 17.3. The molecule has 5 aliphatic carbocycles. The third-order valence-corrected chi connectivity index (χ3v) is 17.5. The minimum Gasteiger partial charge on any atom is -0.481 e. The molecule has 0 bridgehead atoms. The Morgan fingerprint density at radius 2 is 1.63 bits per heavy atom. The number of allylic oxidation sites excluding steroid dienone is 1. The van der Waals surface area contributed by atoms with Crippen LogP contribution in [-0.2, 0) is 23.9 Å². The molecule has 0 saturated heterocycles. The summed E-state index contributed by atoms with van der Waals surface area (Å²) >= 11 is 6.19. The molecule has 1 heterocycles. The number of carboxylic acids is 1. The zero-order chi connectivity index (χ0) is 43.8. The topological polar surface area (TPSA) is 137 Å². The van der Waals surface area contributed by atoms with E-state index >= 15 is 0 Å². The van der Waals surface area contributed by atoms with Gasteiger partial charge in [0.05, 0.1) is 41.2 Å². The van der Waals surface area contributed by atoms with E-state index in [0.29, 0.717) is 29.0 Å². The number of rotatable bonds is 12. The molecule has 6 rings (SSSR count). The van der Waals surface area contributed by atoms with E-state index in [2.05, 4.69) is 53.5 Å². The van der Waals surface area contributed by atoms with Crippen molar-refractivity contribution >= 4 is 35.2 Å². The molecule has 4 saturated carbocycles. The Balaban J connectivity index is 1.31. The summed E-state index contributed by atoms with van der Waals surface area (Å²) in [7, 11) is 3.73. The Hall–Kier alpha value is -2.82. The molecule has 1 aromatic heterocycles. The number of amides is 1. The predicted octanol–water partition coefficient (Wildman–Crippen LogP) is 8.94. The fourth-order valence-electron chi connectivity index (χ4n) is 13.9. The van der Waals surface area contributed by atoms with Crippen LogP contribution in [0.3, 0.4) is 0 Å². The number of carboxylic acid groups (broad SMARTS) is 1. The summed E-state index contributed by atoms with van der Waals surface area (Å²) in [5.41, 5.74) is 0.367. The maximum Gasteiger partial charge on any atom is 0.309 e. The Kier molecular flexibility index (Phi) is 12.3. The minimum atomic E-state index is -1.19. The first-order chi connectivity index (χ1) is 27.3. The van der Waals surface area contributed by atoms with Crippen LogP contribution in [0.4, 0.5) is 0 Å². The number of esters is 1. The zero-order valence-electron chi connectivity index (χ0n) is 37.9. The van der Waals surface area contributed by atoms with Gasteiger partial charge in [-0.3, -0.25) is 24.2 Å². The van der Waals surface area contributed by atoms with Crippen LogP contribution in [0.2, 0.25) is 5.02 Å². The molecule has 2 N–H and O–H groups in total. The fraction of sp³-hybridized carbons (Fsp3) is 0.771. The smallest absolute Gasteiger partial charge is 0.309 e. The molecule has 1 aromatic rings. The third kappa shape index (κ3) is 7.51. The molecule has 5 aliphatic rings. The van der Waals surface area contributed by atoms with E-state index in [1.807, 2.05) is 32.0 Å². The number of likely N-dealkylation sites (N-methyl/N-ethyl adjacent to an activating group) is 1. The Morgan fingerprint density at radius 1 is 0.949 bits per heavy atom. The maximum absolute atomic E-state index is 14.4. The molecule has 10 atom stereocenters. The van der Waals surface area contributed by atoms with Crippen LogP contribution in [0, 0.1) is 56.2 Å². The van der Waals surface area contributed by atoms with Gasteiger partial charge in [0.2, 0.25) is 5.91 Å². The highest BCUT2D eigenvalue weighted by molar-refractivity contribution is 6.30. The van der Waals surface area contributed by atoms with Gasteiger partial charge < -0.3 is 24.7 Å². The summed E-state index contributed by atoms with van der Waals surface area (Å²) in [6.45, 7) is 21.6. The quantitative estimate of drug-likeness (QED) is 0.198. The van der Waals surface area contributed by atoms with E-state index in [1.165, 1.54) is 5.57 Å². The average molecular weight is 839 g/mol. The number of carbonyl (C=O) groups is 4. The Bertz CT molecular complexity index is 1860. The number of halogens is 1. The molecule has 2 unspecified atom stereocenters. The van der Waals surface area contributed by atoms with E-state index < -0.39 is 34.9 Å². The van der Waals surface area contributed by atoms with Crippen molar-refractivity contribution in [3.8, 4) is 0 Å². The number of fused-ring (bicyclic) bond motifs is 7. The van der Waals surface area contributed by atoms with Gasteiger partial charge in [-0.2, -0.15) is 0 Å². The predicted molar refractivity (Wildman–Crippen MR) is 229 cm³/mol. The van der Waals surface area contributed by atoms with Crippen LogP contribution in [0.15, 0.2) is 29.5 Å². The lowest BCUT2D eigenvalue weighted by molar-refractivity contribution is -0.235. The summed E-state index contributed by atoms with van der Waals surface area (Å²) in [6.07, 6.45) is 7.67. The second-order valence-electron chi connectivity index (χ2n) is 21.9. The molecule has 0 spiro atoms. The number of hydrogen-bond donors (Lipinski definition) is 2. The first-order valence-corrected chi connectivity index (χ1v) is 22.6. The summed E-state index contributed by atoms with van der Waals surface area (Å²) in [6, 6.07) is 3.19. The summed E-state index contributed by atoms with van der Waals surface area (Å²) < 4.78 is 6.18. The highest BCUT2D eigenvalue weighted by Gasteiger charge is 2.71. The number of ketones is 1. The van der Waals surface area contributed by atoms with Crippen molar-refractivity contribution < 1.29 is 34.1 Å². The van der Waals surface area contributed by atoms with Crippen LogP contribution in [0.25, 0.3) is 0 Å². The monoisotopic (exact) mass is 838 g/mol. The number of carbonyl (C=O) groups excluding carboxylic acids is 3. The molecule has 59 heavy (non-hydrogen) atoms. The van der Waals surface area contributed by atoms with Gasteiger partial charge in [0.25, 0.3) is 0 Å². The number of ether oxygens (including phenoxy) is 1. The lowest BCUT2D eigenvalue weighted by Gasteiger charge is -2.72. The molecule has 11 heteroatoms. The summed E-state index contributed by atoms with van der Waals surface area (Å²) in [5.74, 6) is -0.546. The van der Waals surface area contributed by atoms with Crippen LogP contribution < -0.4 is 0 Å². The molecule has 10 nitrogen and oxygen atoms in total. The van der Waals surface area contributed by atoms with Gasteiger partial charge >= 0.3 is 11.9 Å². The van der Waals surface area contributed by atoms with Crippen molar-refractivity contribution in [2.45, 2.75) is 152 Å². The molecule has 0 aromatic carbocycles. The van der Waals surface area contributed by atoms with Gasteiger partial charge in [0.15, 0.2) is 5.78 Å². The number of aliphatic carboxylic acids is 1. The van der Waals surface area contributed by atoms with Crippen LogP contribution in [0.1, 0.15) is 145 Å². The van der Waals surface area contributed by atoms with Crippen molar-refractivity contribution in [3.63, 3.8) is 0 Å². The van der Waals surface area contributed by atoms with Crippen LogP contribution >= 0.6 is 11.6 Å². The molecular weight excluding hydrogens is 766 g/mol. The average Bonchev–Trinajstić information content (AvgIpc) is 3.44. The number of nitrogens with zero attached hydrogens (tertiary/aromatic N) is 3. The van der Waals surface area contributed by atoms with Gasteiger partial charge in [-0.05, 0) is 144 Å². The number of aromatic nitrogens is 1. The first-order valence-electron chi connectivity index (χ1n) is 22.2. The molecular formula is C48H72ClN3O7. The van der Waals surface area contributed by atoms with Gasteiger partial charge in [-0.25, -0.2) is 0 Å². The van der Waals surface area contributed by atoms with Crippen molar-refractivity contribution in [3.05, 3.63) is 40.2 Å². The maximum atomic E-state index is 14.4. The van der Waals surface area contributed by atoms with E-state index in [1.54, 1.807) is 31.0 Å². The zero-order valence-corrected chi connectivity index (χ0v) is 38.7. The van der Waals surface area contributed by atoms with Gasteiger partial charge in [0.1, 0.15) is 6.10 Å². The normalized spacial score (nSPS) is 35.0. The molecule has 0 radical (unpaired) electrons. The number of hydrogen-bond acceptors (Lipinski definition) is 8. The van der Waals surface area contributed by atoms with Crippen LogP contribution in [-0.4, -0.2) is 88.0 Å². The highest BCUT2D eigenvalue weighted by atomic mass is 35.5. The van der Waals surface area contributed by atoms with E-state index in [4.69, 9.17) is 16.3 Å². The van der Waals surface area contributed by atoms with Crippen molar-refractivity contribution in [2.24, 2.45) is 56.2 Å². The lowest BCUT2D eigenvalue weighted by atomic mass is 9.33. The molecule has 328 valence electrons. The number of pyridine rings is 1. The van der Waals surface area contributed by atoms with Crippen molar-refractivity contribution in [2.75, 3.05) is 27.2 Å². The van der Waals surface area contributed by atoms with Crippen molar-refractivity contribution in [1.82, 2.24) is 14.8 Å². The highest BCUT2D eigenvalue weighted by Crippen LogP contribution is 2.77. The van der Waals surface area contributed by atoms with Crippen LogP contribution in [0.5, 0.6) is 0 Å². The number of Topliss-reactive ketones (excluding diaryl/α,β-unsaturated/α-hetero) is 1. The van der Waals surface area contributed by atoms with E-state index in [9.17, 15) is 29.4 Å². The van der Waals surface area contributed by atoms with E-state index in [0.717, 1.165) is 50.5 Å². The number of aliphatic hydroxyl groups is 1. The van der Waals surface area contributed by atoms with Gasteiger partial charge in [0, 0.05) is 30.0 Å². The molecule has 4 fully saturated rings. The fourth-order valence-corrected chi connectivity index (χ4v) is 14.0. The van der Waals surface area contributed by atoms with Gasteiger partial charge in [-0.15, -0.1) is 0 Å². The number of aliphatic hydroxyl groups excluding tert-OH is 1. The molecule has 1 amide bonds. The summed E-state index contributed by atoms with van der Waals surface area (Å²) in [5, 5.41) is 22.9. The Labute approximate surface area is 358 Å². The molecule has 0 aliphatic heterocycles. The summed E-state index contributed by atoms with van der Waals surface area (Å²) in [4.78, 5) is 61.5. The largest absolute Gasteiger partial charge is 0.481 e. The SMILES string of the molecule is CC(C)C1=C2[C@H]3CC[C@@H]4[C@@]5(C)CC[C@H](OC(=O)CC(C)(C)C(=O)O)C(C)(C)[C@@H]5CC[C@@]4(C)[C@]3(C)CCC2(C(O)CN(C(=O)CN(C)C)[C@H](C)c2ccc(Cl)cn2)CC1=O. The lowest BCUT2D eigenvalue weighted by Crippen LogP contribution is -2.66. The second kappa shape index (κ2) is 15.8. The van der Waals surface area contributed by atoms with Gasteiger partial charge in [-0.1, -0.05) is 65.6 Å². The van der Waals surface area contributed by atoms with E-state index in [-0.39, 0.29) is 77.2 Å². The van der Waals surface area contributed by atoms with Crippen molar-refractivity contribution in [1.29, 1.82) is 0 Å². The second-order valence-corrected chi connectivity index (χ2v) is 22.4. The Morgan fingerprint density at radius 3 is 2.22 bits per heavy atom. The first kappa shape index (κ1) is 45.7. The minimum absolute atomic E-state index is 0.00165.